The van der Waals surface area contributed by atoms with Crippen LogP contribution < -0.4 is 5.48 Å². The Morgan fingerprint density at radius 2 is 1.38 bits per heavy atom. The van der Waals surface area contributed by atoms with E-state index in [1.807, 2.05) is 60.7 Å². The van der Waals surface area contributed by atoms with Gasteiger partial charge in [-0.3, -0.25) is 0 Å². The van der Waals surface area contributed by atoms with Crippen LogP contribution >= 0.6 is 0 Å². The highest BCUT2D eigenvalue weighted by molar-refractivity contribution is 6.12. The summed E-state index contributed by atoms with van der Waals surface area (Å²) in [6.07, 6.45) is 6.59. The van der Waals surface area contributed by atoms with Crippen molar-refractivity contribution in [2.75, 3.05) is 0 Å². The summed E-state index contributed by atoms with van der Waals surface area (Å²) in [5.41, 5.74) is 6.85. The van der Waals surface area contributed by atoms with Crippen LogP contribution in [0.25, 0.3) is 11.3 Å². The third kappa shape index (κ3) is 2.75. The molecular formula is C21H15N2O3-. The molecule has 0 aromatic heterocycles. The van der Waals surface area contributed by atoms with Crippen molar-refractivity contribution in [2.45, 2.75) is 0 Å². The number of hydrogen-bond acceptors (Lipinski definition) is 4. The fourth-order valence-corrected chi connectivity index (χ4v) is 3.02. The first-order chi connectivity index (χ1) is 12.8. The lowest BCUT2D eigenvalue weighted by atomic mass is 9.93. The van der Waals surface area contributed by atoms with E-state index in [4.69, 9.17) is 4.84 Å². The Balaban J connectivity index is 1.98. The van der Waals surface area contributed by atoms with E-state index in [0.29, 0.717) is 11.3 Å². The molecule has 0 saturated carbocycles. The molecule has 0 unspecified atom stereocenters. The largest absolute Gasteiger partial charge is 0.612 e. The number of rotatable bonds is 2. The molecule has 26 heavy (non-hydrogen) atoms. The highest BCUT2D eigenvalue weighted by Crippen LogP contribution is 2.38. The molecule has 1 heterocycles. The smallest absolute Gasteiger partial charge is 0.233 e. The molecule has 0 radical (unpaired) electrons. The van der Waals surface area contributed by atoms with E-state index in [1.165, 1.54) is 6.08 Å². The summed E-state index contributed by atoms with van der Waals surface area (Å²) < 4.78 is 0. The molecule has 128 valence electrons. The number of nitrogens with one attached hydrogen (secondary N) is 1. The van der Waals surface area contributed by atoms with Gasteiger partial charge < -0.3 is 15.3 Å². The van der Waals surface area contributed by atoms with Crippen LogP contribution in [0.1, 0.15) is 11.1 Å². The zero-order valence-corrected chi connectivity index (χ0v) is 13.8. The third-order valence-electron chi connectivity index (χ3n) is 4.20. The standard InChI is InChI=1S/C21H15N2O3/c24-23(25)18-14-8-7-13-17(18)21-19(15-9-3-1-4-10-15)20(22-26-21)16-11-5-2-6-12-16/h1-14,22H/q-1. The van der Waals surface area contributed by atoms with E-state index in [0.717, 1.165) is 22.4 Å². The van der Waals surface area contributed by atoms with Crippen molar-refractivity contribution in [2.24, 2.45) is 0 Å². The highest BCUT2D eigenvalue weighted by atomic mass is 16.8. The number of hydroxylamine groups is 1. The second-order valence-electron chi connectivity index (χ2n) is 5.79. The van der Waals surface area contributed by atoms with E-state index >= 15 is 0 Å². The average molecular weight is 343 g/mol. The Bertz CT molecular complexity index is 980. The molecule has 0 spiro atoms. The zero-order valence-electron chi connectivity index (χ0n) is 13.8. The molecule has 5 heteroatoms. The number of nitrogens with zero attached hydrogens (tertiary/aromatic N) is 1. The van der Waals surface area contributed by atoms with Gasteiger partial charge in [0.1, 0.15) is 0 Å². The Morgan fingerprint density at radius 3 is 2.04 bits per heavy atom. The first kappa shape index (κ1) is 15.8. The second kappa shape index (κ2) is 6.64. The zero-order chi connectivity index (χ0) is 17.9. The maximum absolute atomic E-state index is 11.5. The molecule has 1 N–H and O–H groups in total. The average Bonchev–Trinajstić information content (AvgIpc) is 3.14. The maximum atomic E-state index is 11.5. The van der Waals surface area contributed by atoms with E-state index in [1.54, 1.807) is 18.2 Å². The summed E-state index contributed by atoms with van der Waals surface area (Å²) in [5.74, 6) is 0.447. The van der Waals surface area contributed by atoms with Gasteiger partial charge in [0.15, 0.2) is 5.76 Å². The third-order valence-corrected chi connectivity index (χ3v) is 4.20. The summed E-state index contributed by atoms with van der Waals surface area (Å²) >= 11 is 0. The summed E-state index contributed by atoms with van der Waals surface area (Å²) in [6.45, 7) is 0. The Morgan fingerprint density at radius 1 is 0.769 bits per heavy atom. The van der Waals surface area contributed by atoms with Gasteiger partial charge >= 0.3 is 0 Å². The number of hydrogen-bond donors (Lipinski definition) is 1. The normalized spacial score (nSPS) is 18.7. The van der Waals surface area contributed by atoms with Crippen LogP contribution in [-0.2, 0) is 4.84 Å². The molecule has 5 nitrogen and oxygen atoms in total. The van der Waals surface area contributed by atoms with Crippen LogP contribution in [0.3, 0.4) is 0 Å². The predicted octanol–water partition coefficient (Wildman–Crippen LogP) is 3.92. The fourth-order valence-electron chi connectivity index (χ4n) is 3.02. The Labute approximate surface area is 150 Å². The fraction of sp³-hybridized carbons (Fsp3) is 0. The maximum Gasteiger partial charge on any atom is 0.233 e. The highest BCUT2D eigenvalue weighted by Gasteiger charge is 2.30. The molecule has 0 amide bonds. The topological polar surface area (TPSA) is 70.4 Å². The first-order valence-corrected chi connectivity index (χ1v) is 8.15. The van der Waals surface area contributed by atoms with Crippen LogP contribution in [0.5, 0.6) is 0 Å². The molecule has 2 aliphatic rings. The van der Waals surface area contributed by atoms with Crippen LogP contribution in [0.2, 0.25) is 0 Å². The molecule has 0 saturated heterocycles. The number of benzene rings is 2. The van der Waals surface area contributed by atoms with Gasteiger partial charge in [0.2, 0.25) is 5.71 Å². The van der Waals surface area contributed by atoms with Crippen molar-refractivity contribution >= 4 is 17.0 Å². The van der Waals surface area contributed by atoms with E-state index in [-0.39, 0.29) is 5.71 Å². The van der Waals surface area contributed by atoms with Crippen molar-refractivity contribution in [3.05, 3.63) is 118 Å². The van der Waals surface area contributed by atoms with Gasteiger partial charge in [-0.25, -0.2) is 5.48 Å². The Hall–Kier alpha value is -3.73. The van der Waals surface area contributed by atoms with Gasteiger partial charge in [0, 0.05) is 11.6 Å². The molecule has 2 aromatic rings. The second-order valence-corrected chi connectivity index (χ2v) is 5.79. The minimum Gasteiger partial charge on any atom is -0.612 e. The summed E-state index contributed by atoms with van der Waals surface area (Å²) in [7, 11) is 0. The van der Waals surface area contributed by atoms with Gasteiger partial charge in [0.25, 0.3) is 0 Å². The molecule has 1 aliphatic carbocycles. The van der Waals surface area contributed by atoms with Gasteiger partial charge in [-0.2, -0.15) is 4.90 Å². The van der Waals surface area contributed by atoms with Crippen molar-refractivity contribution < 1.29 is 9.74 Å². The first-order valence-electron chi connectivity index (χ1n) is 8.15. The van der Waals surface area contributed by atoms with Crippen LogP contribution in [0, 0.1) is 10.4 Å². The minimum absolute atomic E-state index is 0.00652. The lowest BCUT2D eigenvalue weighted by Gasteiger charge is -2.14. The minimum atomic E-state index is -0.394. The van der Waals surface area contributed by atoms with Crippen molar-refractivity contribution in [1.82, 2.24) is 5.48 Å². The quantitative estimate of drug-likeness (QED) is 0.663. The van der Waals surface area contributed by atoms with Crippen molar-refractivity contribution in [1.29, 1.82) is 0 Å². The van der Waals surface area contributed by atoms with E-state index < -0.39 is 4.90 Å². The van der Waals surface area contributed by atoms with Crippen LogP contribution in [0.15, 0.2) is 96.3 Å². The molecule has 0 bridgehead atoms. The molecule has 4 rings (SSSR count). The van der Waals surface area contributed by atoms with Gasteiger partial charge in [-0.1, -0.05) is 72.8 Å². The monoisotopic (exact) mass is 343 g/mol. The predicted molar refractivity (Wildman–Crippen MR) is 101 cm³/mol. The molecular weight excluding hydrogens is 328 g/mol. The van der Waals surface area contributed by atoms with Crippen LogP contribution in [0.4, 0.5) is 0 Å². The van der Waals surface area contributed by atoms with Crippen LogP contribution in [-0.4, -0.2) is 10.6 Å². The lowest BCUT2D eigenvalue weighted by Crippen LogP contribution is -2.14. The van der Waals surface area contributed by atoms with Gasteiger partial charge in [0.05, 0.1) is 16.8 Å². The lowest BCUT2D eigenvalue weighted by molar-refractivity contribution is -0.377. The molecule has 1 aliphatic heterocycles. The molecule has 2 aromatic carbocycles. The van der Waals surface area contributed by atoms with E-state index in [9.17, 15) is 10.4 Å². The van der Waals surface area contributed by atoms with Gasteiger partial charge in [-0.15, -0.1) is 0 Å². The van der Waals surface area contributed by atoms with Crippen molar-refractivity contribution in [3.63, 3.8) is 0 Å². The molecule has 0 atom stereocenters. The summed E-state index contributed by atoms with van der Waals surface area (Å²) in [6, 6.07) is 19.5. The van der Waals surface area contributed by atoms with Gasteiger partial charge in [-0.05, 0) is 11.6 Å². The van der Waals surface area contributed by atoms with Crippen molar-refractivity contribution in [3.8, 4) is 0 Å². The number of allylic oxidation sites excluding steroid dienone is 6. The summed E-state index contributed by atoms with van der Waals surface area (Å²) in [5, 5.41) is 22.9. The SMILES string of the molecule is [O-][N+]([O-])=C1C=CC=CC1=C1ONC(c2ccccc2)=C1c1ccccc1. The van der Waals surface area contributed by atoms with E-state index in [2.05, 4.69) is 5.48 Å². The Kier molecular flexibility index (Phi) is 4.03. The summed E-state index contributed by atoms with van der Waals surface area (Å²) in [4.78, 5) is 5.36. The molecule has 0 fully saturated rings.